The molecular formula is C10H14N6O. The van der Waals surface area contributed by atoms with Gasteiger partial charge < -0.3 is 15.6 Å². The number of hydrogen-bond donors (Lipinski definition) is 2. The van der Waals surface area contributed by atoms with Gasteiger partial charge in [-0.3, -0.25) is 9.48 Å². The van der Waals surface area contributed by atoms with Crippen molar-refractivity contribution in [3.8, 4) is 0 Å². The second-order valence-electron chi connectivity index (χ2n) is 3.71. The Morgan fingerprint density at radius 3 is 2.82 bits per heavy atom. The van der Waals surface area contributed by atoms with E-state index in [1.807, 2.05) is 17.8 Å². The molecule has 0 atom stereocenters. The van der Waals surface area contributed by atoms with E-state index in [0.717, 1.165) is 5.82 Å². The van der Waals surface area contributed by atoms with Crippen molar-refractivity contribution in [2.45, 2.75) is 6.54 Å². The van der Waals surface area contributed by atoms with Crippen molar-refractivity contribution in [1.82, 2.24) is 24.6 Å². The van der Waals surface area contributed by atoms with Crippen molar-refractivity contribution in [3.63, 3.8) is 0 Å². The number of imidazole rings is 1. The number of nitrogens with one attached hydrogen (secondary N) is 1. The van der Waals surface area contributed by atoms with Crippen molar-refractivity contribution in [2.75, 3.05) is 5.73 Å². The van der Waals surface area contributed by atoms with Crippen LogP contribution in [0.2, 0.25) is 0 Å². The van der Waals surface area contributed by atoms with Crippen LogP contribution in [0.15, 0.2) is 18.6 Å². The minimum absolute atomic E-state index is 0.259. The van der Waals surface area contributed by atoms with Gasteiger partial charge in [0, 0.05) is 26.5 Å². The molecule has 7 nitrogen and oxygen atoms in total. The van der Waals surface area contributed by atoms with E-state index in [-0.39, 0.29) is 5.91 Å². The van der Waals surface area contributed by atoms with Crippen molar-refractivity contribution in [3.05, 3.63) is 30.1 Å². The van der Waals surface area contributed by atoms with Crippen LogP contribution in [0.5, 0.6) is 0 Å². The Morgan fingerprint density at radius 2 is 2.29 bits per heavy atom. The molecule has 2 rings (SSSR count). The lowest BCUT2D eigenvalue weighted by atomic mass is 10.3. The van der Waals surface area contributed by atoms with E-state index >= 15 is 0 Å². The summed E-state index contributed by atoms with van der Waals surface area (Å²) in [6, 6.07) is 0. The van der Waals surface area contributed by atoms with Crippen LogP contribution in [0.25, 0.3) is 0 Å². The number of aryl methyl sites for hydroxylation is 2. The van der Waals surface area contributed by atoms with Crippen LogP contribution in [0, 0.1) is 0 Å². The van der Waals surface area contributed by atoms with Crippen molar-refractivity contribution in [2.24, 2.45) is 14.1 Å². The highest BCUT2D eigenvalue weighted by Crippen LogP contribution is 2.08. The highest BCUT2D eigenvalue weighted by Gasteiger charge is 2.14. The Labute approximate surface area is 98.2 Å². The summed E-state index contributed by atoms with van der Waals surface area (Å²) >= 11 is 0. The zero-order chi connectivity index (χ0) is 12.4. The number of carbonyl (C=O) groups is 1. The fourth-order valence-electron chi connectivity index (χ4n) is 1.54. The van der Waals surface area contributed by atoms with Gasteiger partial charge in [0.05, 0.1) is 18.4 Å². The zero-order valence-electron chi connectivity index (χ0n) is 9.71. The summed E-state index contributed by atoms with van der Waals surface area (Å²) in [4.78, 5) is 16.0. The minimum Gasteiger partial charge on any atom is -0.396 e. The lowest BCUT2D eigenvalue weighted by Crippen LogP contribution is -2.27. The largest absolute Gasteiger partial charge is 0.396 e. The molecule has 0 saturated heterocycles. The third kappa shape index (κ3) is 2.12. The van der Waals surface area contributed by atoms with Gasteiger partial charge in [-0.2, -0.15) is 5.10 Å². The number of hydrogen-bond acceptors (Lipinski definition) is 4. The van der Waals surface area contributed by atoms with Crippen LogP contribution < -0.4 is 11.1 Å². The molecule has 0 fully saturated rings. The first-order valence-electron chi connectivity index (χ1n) is 5.11. The maximum absolute atomic E-state index is 11.9. The van der Waals surface area contributed by atoms with Crippen LogP contribution in [-0.4, -0.2) is 25.2 Å². The number of nitrogens with zero attached hydrogens (tertiary/aromatic N) is 4. The SMILES string of the molecule is Cn1ccnc1CNC(=O)c1c(N)cnn1C. The molecule has 17 heavy (non-hydrogen) atoms. The Bertz CT molecular complexity index is 521. The number of carbonyl (C=O) groups excluding carboxylic acids is 1. The first-order valence-corrected chi connectivity index (χ1v) is 5.11. The van der Waals surface area contributed by atoms with E-state index in [1.165, 1.54) is 10.9 Å². The van der Waals surface area contributed by atoms with Gasteiger partial charge in [0.25, 0.3) is 5.91 Å². The van der Waals surface area contributed by atoms with E-state index in [4.69, 9.17) is 5.73 Å². The minimum atomic E-state index is -0.259. The fourth-order valence-corrected chi connectivity index (χ4v) is 1.54. The van der Waals surface area contributed by atoms with Crippen LogP contribution in [0.4, 0.5) is 5.69 Å². The molecule has 2 aromatic rings. The monoisotopic (exact) mass is 234 g/mol. The summed E-state index contributed by atoms with van der Waals surface area (Å²) in [7, 11) is 3.54. The smallest absolute Gasteiger partial charge is 0.272 e. The van der Waals surface area contributed by atoms with Gasteiger partial charge in [-0.05, 0) is 0 Å². The lowest BCUT2D eigenvalue weighted by molar-refractivity contribution is 0.0941. The van der Waals surface area contributed by atoms with E-state index in [9.17, 15) is 4.79 Å². The molecule has 3 N–H and O–H groups in total. The number of amides is 1. The second-order valence-corrected chi connectivity index (χ2v) is 3.71. The average Bonchev–Trinajstić information content (AvgIpc) is 2.83. The van der Waals surface area contributed by atoms with E-state index in [0.29, 0.717) is 17.9 Å². The third-order valence-corrected chi connectivity index (χ3v) is 2.51. The van der Waals surface area contributed by atoms with Crippen molar-refractivity contribution >= 4 is 11.6 Å². The summed E-state index contributed by atoms with van der Waals surface area (Å²) in [5.41, 5.74) is 6.38. The molecular weight excluding hydrogens is 220 g/mol. The molecule has 0 unspecified atom stereocenters. The number of nitrogens with two attached hydrogens (primary N) is 1. The lowest BCUT2D eigenvalue weighted by Gasteiger charge is -2.06. The molecule has 0 saturated carbocycles. The number of anilines is 1. The van der Waals surface area contributed by atoms with E-state index in [1.54, 1.807) is 13.2 Å². The third-order valence-electron chi connectivity index (χ3n) is 2.51. The topological polar surface area (TPSA) is 90.8 Å². The number of nitrogen functional groups attached to an aromatic ring is 1. The van der Waals surface area contributed by atoms with Crippen LogP contribution in [0.1, 0.15) is 16.3 Å². The molecule has 90 valence electrons. The van der Waals surface area contributed by atoms with Crippen LogP contribution >= 0.6 is 0 Å². The molecule has 0 spiro atoms. The highest BCUT2D eigenvalue weighted by molar-refractivity contribution is 5.97. The van der Waals surface area contributed by atoms with E-state index in [2.05, 4.69) is 15.4 Å². The molecule has 0 aliphatic rings. The standard InChI is InChI=1S/C10H14N6O/c1-15-4-3-12-8(15)6-13-10(17)9-7(11)5-14-16(9)2/h3-5H,6,11H2,1-2H3,(H,13,17). The second kappa shape index (κ2) is 4.28. The first kappa shape index (κ1) is 11.2. The summed E-state index contributed by atoms with van der Waals surface area (Å²) in [5, 5.41) is 6.66. The van der Waals surface area contributed by atoms with E-state index < -0.39 is 0 Å². The van der Waals surface area contributed by atoms with Gasteiger partial charge in [-0.25, -0.2) is 4.98 Å². The molecule has 0 aliphatic carbocycles. The highest BCUT2D eigenvalue weighted by atomic mass is 16.2. The maximum atomic E-state index is 11.9. The number of rotatable bonds is 3. The quantitative estimate of drug-likeness (QED) is 0.760. The molecule has 2 heterocycles. The molecule has 0 radical (unpaired) electrons. The predicted octanol–water partition coefficient (Wildman–Crippen LogP) is -0.334. The molecule has 7 heteroatoms. The molecule has 0 aliphatic heterocycles. The fraction of sp³-hybridized carbons (Fsp3) is 0.300. The predicted molar refractivity (Wildman–Crippen MR) is 62.0 cm³/mol. The van der Waals surface area contributed by atoms with Crippen LogP contribution in [-0.2, 0) is 20.6 Å². The first-order chi connectivity index (χ1) is 8.09. The Balaban J connectivity index is 2.06. The van der Waals surface area contributed by atoms with Gasteiger partial charge in [-0.15, -0.1) is 0 Å². The molecule has 0 bridgehead atoms. The van der Waals surface area contributed by atoms with Gasteiger partial charge in [-0.1, -0.05) is 0 Å². The molecule has 0 aromatic carbocycles. The van der Waals surface area contributed by atoms with Crippen LogP contribution in [0.3, 0.4) is 0 Å². The Morgan fingerprint density at radius 1 is 1.53 bits per heavy atom. The Hall–Kier alpha value is -2.31. The summed E-state index contributed by atoms with van der Waals surface area (Å²) in [6.07, 6.45) is 4.95. The summed E-state index contributed by atoms with van der Waals surface area (Å²) in [5.74, 6) is 0.518. The molecule has 1 amide bonds. The van der Waals surface area contributed by atoms with Gasteiger partial charge >= 0.3 is 0 Å². The Kier molecular flexibility index (Phi) is 2.82. The van der Waals surface area contributed by atoms with Gasteiger partial charge in [0.1, 0.15) is 11.5 Å². The molecule has 2 aromatic heterocycles. The maximum Gasteiger partial charge on any atom is 0.272 e. The summed E-state index contributed by atoms with van der Waals surface area (Å²) in [6.45, 7) is 0.354. The average molecular weight is 234 g/mol. The van der Waals surface area contributed by atoms with Gasteiger partial charge in [0.15, 0.2) is 0 Å². The normalized spacial score (nSPS) is 10.5. The van der Waals surface area contributed by atoms with Crippen molar-refractivity contribution < 1.29 is 4.79 Å². The van der Waals surface area contributed by atoms with Gasteiger partial charge in [0.2, 0.25) is 0 Å². The number of aromatic nitrogens is 4. The van der Waals surface area contributed by atoms with Crippen molar-refractivity contribution in [1.29, 1.82) is 0 Å². The zero-order valence-corrected chi connectivity index (χ0v) is 9.71. The summed E-state index contributed by atoms with van der Waals surface area (Å²) < 4.78 is 3.29.